The molecule has 0 saturated carbocycles. The fraction of sp³-hybridized carbons (Fsp3) is 0.156. The van der Waals surface area contributed by atoms with Gasteiger partial charge >= 0.3 is 5.63 Å². The highest BCUT2D eigenvalue weighted by molar-refractivity contribution is 6.42. The van der Waals surface area contributed by atoms with E-state index >= 15 is 0 Å². The molecule has 0 fully saturated rings. The first-order valence-electron chi connectivity index (χ1n) is 12.5. The van der Waals surface area contributed by atoms with Crippen molar-refractivity contribution in [3.8, 4) is 11.5 Å². The van der Waals surface area contributed by atoms with E-state index in [1.165, 1.54) is 5.56 Å². The number of rotatable bonds is 5. The second-order valence-electron chi connectivity index (χ2n) is 9.64. The van der Waals surface area contributed by atoms with Crippen molar-refractivity contribution in [3.05, 3.63) is 139 Å². The lowest BCUT2D eigenvalue weighted by Crippen LogP contribution is -2.23. The van der Waals surface area contributed by atoms with Crippen LogP contribution in [0.15, 0.2) is 100 Å². The predicted octanol–water partition coefficient (Wildman–Crippen LogP) is 8.25. The SMILES string of the molecule is O=c1oc2ccccc2c(O)c1C1CC(c2ccc(OCc3ccc(Cl)c(Cl)c3)cc2)Cc2ccccc21. The van der Waals surface area contributed by atoms with Gasteiger partial charge in [-0.25, -0.2) is 4.79 Å². The van der Waals surface area contributed by atoms with Gasteiger partial charge in [-0.05, 0) is 77.4 Å². The average molecular weight is 543 g/mol. The van der Waals surface area contributed by atoms with Gasteiger partial charge in [0.1, 0.15) is 23.7 Å². The first kappa shape index (κ1) is 24.6. The van der Waals surface area contributed by atoms with E-state index in [-0.39, 0.29) is 17.6 Å². The van der Waals surface area contributed by atoms with Crippen LogP contribution in [0.2, 0.25) is 10.0 Å². The molecule has 0 bridgehead atoms. The molecule has 0 saturated heterocycles. The maximum atomic E-state index is 13.1. The Hall–Kier alpha value is -3.73. The van der Waals surface area contributed by atoms with Gasteiger partial charge in [0, 0.05) is 5.92 Å². The van der Waals surface area contributed by atoms with Gasteiger partial charge in [-0.1, -0.05) is 77.8 Å². The molecule has 190 valence electrons. The number of ether oxygens (including phenoxy) is 1. The van der Waals surface area contributed by atoms with Gasteiger partial charge in [-0.2, -0.15) is 0 Å². The van der Waals surface area contributed by atoms with E-state index in [4.69, 9.17) is 32.4 Å². The topological polar surface area (TPSA) is 59.7 Å². The molecule has 2 unspecified atom stereocenters. The molecule has 1 N–H and O–H groups in total. The molecular weight excluding hydrogens is 519 g/mol. The Labute approximate surface area is 230 Å². The fourth-order valence-electron chi connectivity index (χ4n) is 5.44. The zero-order valence-electron chi connectivity index (χ0n) is 20.4. The second-order valence-corrected chi connectivity index (χ2v) is 10.5. The summed E-state index contributed by atoms with van der Waals surface area (Å²) in [6, 6.07) is 28.8. The normalized spacial score (nSPS) is 16.8. The zero-order chi connectivity index (χ0) is 26.2. The first-order chi connectivity index (χ1) is 18.5. The van der Waals surface area contributed by atoms with Gasteiger partial charge in [0.15, 0.2) is 0 Å². The number of hydrogen-bond acceptors (Lipinski definition) is 4. The van der Waals surface area contributed by atoms with Crippen molar-refractivity contribution in [2.75, 3.05) is 0 Å². The van der Waals surface area contributed by atoms with E-state index in [0.717, 1.165) is 28.9 Å². The number of benzene rings is 4. The molecule has 1 aromatic heterocycles. The van der Waals surface area contributed by atoms with Gasteiger partial charge in [-0.15, -0.1) is 0 Å². The Morgan fingerprint density at radius 2 is 1.66 bits per heavy atom. The van der Waals surface area contributed by atoms with Crippen LogP contribution in [0.4, 0.5) is 0 Å². The van der Waals surface area contributed by atoms with Crippen molar-refractivity contribution >= 4 is 34.2 Å². The molecule has 5 aromatic rings. The monoisotopic (exact) mass is 542 g/mol. The van der Waals surface area contributed by atoms with Crippen LogP contribution in [0.3, 0.4) is 0 Å². The molecule has 1 aliphatic carbocycles. The zero-order valence-corrected chi connectivity index (χ0v) is 21.9. The molecule has 6 rings (SSSR count). The quantitative estimate of drug-likeness (QED) is 0.227. The highest BCUT2D eigenvalue weighted by Crippen LogP contribution is 2.45. The van der Waals surface area contributed by atoms with E-state index in [9.17, 15) is 9.90 Å². The minimum Gasteiger partial charge on any atom is -0.507 e. The van der Waals surface area contributed by atoms with Crippen molar-refractivity contribution < 1.29 is 14.3 Å². The van der Waals surface area contributed by atoms with E-state index in [0.29, 0.717) is 39.6 Å². The minimum atomic E-state index is -0.493. The third kappa shape index (κ3) is 4.66. The molecule has 2 atom stereocenters. The minimum absolute atomic E-state index is 0.00311. The summed E-state index contributed by atoms with van der Waals surface area (Å²) in [7, 11) is 0. The summed E-state index contributed by atoms with van der Waals surface area (Å²) in [5, 5.41) is 12.8. The third-order valence-corrected chi connectivity index (χ3v) is 8.07. The smallest absolute Gasteiger partial charge is 0.343 e. The van der Waals surface area contributed by atoms with Crippen LogP contribution >= 0.6 is 23.2 Å². The Bertz CT molecular complexity index is 1690. The molecule has 4 nitrogen and oxygen atoms in total. The molecule has 0 spiro atoms. The second kappa shape index (κ2) is 10.2. The molecule has 1 heterocycles. The van der Waals surface area contributed by atoms with Crippen LogP contribution < -0.4 is 10.4 Å². The number of hydrogen-bond donors (Lipinski definition) is 1. The van der Waals surface area contributed by atoms with Crippen molar-refractivity contribution in [2.24, 2.45) is 0 Å². The molecule has 0 aliphatic heterocycles. The van der Waals surface area contributed by atoms with Crippen LogP contribution in [0, 0.1) is 0 Å². The molecule has 0 amide bonds. The lowest BCUT2D eigenvalue weighted by Gasteiger charge is -2.32. The Balaban J connectivity index is 1.29. The van der Waals surface area contributed by atoms with Crippen molar-refractivity contribution in [1.29, 1.82) is 0 Å². The van der Waals surface area contributed by atoms with E-state index in [1.54, 1.807) is 30.3 Å². The summed E-state index contributed by atoms with van der Waals surface area (Å²) in [6.45, 7) is 0.381. The highest BCUT2D eigenvalue weighted by atomic mass is 35.5. The Morgan fingerprint density at radius 3 is 2.47 bits per heavy atom. The van der Waals surface area contributed by atoms with Crippen molar-refractivity contribution in [1.82, 2.24) is 0 Å². The standard InChI is InChI=1S/C32H24Cl2O4/c33-27-14-9-19(15-28(27)34)18-37-23-12-10-20(11-13-23)22-16-21-5-1-2-6-24(21)26(17-22)30-31(35)25-7-3-4-8-29(25)38-32(30)36/h1-15,22,26,35H,16-18H2. The summed E-state index contributed by atoms with van der Waals surface area (Å²) in [5.41, 5.74) is 4.52. The maximum absolute atomic E-state index is 13.1. The summed E-state index contributed by atoms with van der Waals surface area (Å²) in [4.78, 5) is 13.1. The molecule has 1 aliphatic rings. The van der Waals surface area contributed by atoms with E-state index in [1.807, 2.05) is 42.5 Å². The van der Waals surface area contributed by atoms with Gasteiger partial charge in [-0.3, -0.25) is 0 Å². The van der Waals surface area contributed by atoms with Crippen LogP contribution in [0.5, 0.6) is 11.5 Å². The summed E-state index contributed by atoms with van der Waals surface area (Å²) >= 11 is 12.1. The molecule has 4 aromatic carbocycles. The molecule has 0 radical (unpaired) electrons. The number of fused-ring (bicyclic) bond motifs is 2. The van der Waals surface area contributed by atoms with Crippen LogP contribution in [0.1, 0.15) is 46.1 Å². The maximum Gasteiger partial charge on any atom is 0.343 e. The molecule has 38 heavy (non-hydrogen) atoms. The molecule has 6 heteroatoms. The predicted molar refractivity (Wildman–Crippen MR) is 151 cm³/mol. The first-order valence-corrected chi connectivity index (χ1v) is 13.2. The average Bonchev–Trinajstić information content (AvgIpc) is 2.94. The number of halogens is 2. The van der Waals surface area contributed by atoms with Crippen LogP contribution in [-0.4, -0.2) is 5.11 Å². The highest BCUT2D eigenvalue weighted by Gasteiger charge is 2.33. The van der Waals surface area contributed by atoms with Gasteiger partial charge in [0.05, 0.1) is 21.0 Å². The molecular formula is C32H24Cl2O4. The van der Waals surface area contributed by atoms with Gasteiger partial charge in [0.2, 0.25) is 0 Å². The summed E-state index contributed by atoms with van der Waals surface area (Å²) in [5.74, 6) is 0.629. The lowest BCUT2D eigenvalue weighted by molar-refractivity contribution is 0.306. The lowest BCUT2D eigenvalue weighted by atomic mass is 9.72. The van der Waals surface area contributed by atoms with Crippen molar-refractivity contribution in [2.45, 2.75) is 31.3 Å². The van der Waals surface area contributed by atoms with Crippen molar-refractivity contribution in [3.63, 3.8) is 0 Å². The fourth-order valence-corrected chi connectivity index (χ4v) is 5.76. The Kier molecular flexibility index (Phi) is 6.61. The number of para-hydroxylation sites is 1. The summed E-state index contributed by atoms with van der Waals surface area (Å²) < 4.78 is 11.6. The summed E-state index contributed by atoms with van der Waals surface area (Å²) in [6.07, 6.45) is 1.52. The largest absolute Gasteiger partial charge is 0.507 e. The van der Waals surface area contributed by atoms with E-state index in [2.05, 4.69) is 18.2 Å². The van der Waals surface area contributed by atoms with Gasteiger partial charge in [0.25, 0.3) is 0 Å². The van der Waals surface area contributed by atoms with E-state index < -0.39 is 5.63 Å². The van der Waals surface area contributed by atoms with Crippen LogP contribution in [0.25, 0.3) is 11.0 Å². The third-order valence-electron chi connectivity index (χ3n) is 7.33. The van der Waals surface area contributed by atoms with Gasteiger partial charge < -0.3 is 14.3 Å². The Morgan fingerprint density at radius 1 is 0.895 bits per heavy atom. The number of aromatic hydroxyl groups is 1. The van der Waals surface area contributed by atoms with Crippen LogP contribution in [-0.2, 0) is 13.0 Å².